The number of carboxylic acid groups (broad SMARTS) is 1. The summed E-state index contributed by atoms with van der Waals surface area (Å²) in [5, 5.41) is 18.3. The van der Waals surface area contributed by atoms with Gasteiger partial charge in [-0.25, -0.2) is 0 Å². The van der Waals surface area contributed by atoms with Crippen molar-refractivity contribution in [3.63, 3.8) is 0 Å². The van der Waals surface area contributed by atoms with Gasteiger partial charge in [0.05, 0.1) is 0 Å². The Labute approximate surface area is 109 Å². The van der Waals surface area contributed by atoms with Crippen molar-refractivity contribution in [2.75, 3.05) is 11.4 Å². The normalized spacial score (nSPS) is 10.3. The highest BCUT2D eigenvalue weighted by atomic mass is 32.1. The number of hydrogen-bond acceptors (Lipinski definition) is 5. The lowest BCUT2D eigenvalue weighted by Crippen LogP contribution is -2.29. The molecule has 0 unspecified atom stereocenters. The van der Waals surface area contributed by atoms with Crippen LogP contribution < -0.4 is 4.90 Å². The molecule has 0 fully saturated rings. The van der Waals surface area contributed by atoms with Crippen LogP contribution in [0.4, 0.5) is 5.13 Å². The van der Waals surface area contributed by atoms with Gasteiger partial charge in [-0.1, -0.05) is 41.7 Å². The minimum Gasteiger partial charge on any atom is -0.480 e. The standard InChI is InChI=1S/C12H13N3O2S/c1-9-13-14-12(18-9)15(8-11(16)17)7-10-5-3-2-4-6-10/h2-6H,7-8H2,1H3,(H,16,17). The maximum atomic E-state index is 10.9. The fraction of sp³-hybridized carbons (Fsp3) is 0.250. The van der Waals surface area contributed by atoms with Crippen molar-refractivity contribution in [1.82, 2.24) is 10.2 Å². The molecule has 0 radical (unpaired) electrons. The first-order chi connectivity index (χ1) is 8.65. The van der Waals surface area contributed by atoms with Crippen molar-refractivity contribution in [3.8, 4) is 0 Å². The zero-order valence-corrected chi connectivity index (χ0v) is 10.7. The summed E-state index contributed by atoms with van der Waals surface area (Å²) in [4.78, 5) is 12.6. The van der Waals surface area contributed by atoms with E-state index in [9.17, 15) is 4.79 Å². The second-order valence-corrected chi connectivity index (χ2v) is 5.00. The van der Waals surface area contributed by atoms with Crippen LogP contribution in [-0.4, -0.2) is 27.8 Å². The van der Waals surface area contributed by atoms with E-state index in [1.165, 1.54) is 11.3 Å². The van der Waals surface area contributed by atoms with Crippen LogP contribution in [0.1, 0.15) is 10.6 Å². The molecule has 2 rings (SSSR count). The van der Waals surface area contributed by atoms with Gasteiger partial charge in [0, 0.05) is 6.54 Å². The molecule has 1 aromatic heterocycles. The average Bonchev–Trinajstić information content (AvgIpc) is 2.76. The van der Waals surface area contributed by atoms with E-state index < -0.39 is 5.97 Å². The largest absolute Gasteiger partial charge is 0.480 e. The Morgan fingerprint density at radius 1 is 1.33 bits per heavy atom. The predicted molar refractivity (Wildman–Crippen MR) is 69.8 cm³/mol. The minimum absolute atomic E-state index is 0.0798. The number of rotatable bonds is 5. The second kappa shape index (κ2) is 5.59. The molecule has 5 nitrogen and oxygen atoms in total. The first-order valence-electron chi connectivity index (χ1n) is 5.46. The Bertz CT molecular complexity index is 527. The first-order valence-corrected chi connectivity index (χ1v) is 6.27. The maximum absolute atomic E-state index is 10.9. The van der Waals surface area contributed by atoms with E-state index >= 15 is 0 Å². The number of carbonyl (C=O) groups is 1. The van der Waals surface area contributed by atoms with E-state index in [0.29, 0.717) is 11.7 Å². The number of aliphatic carboxylic acids is 1. The molecule has 94 valence electrons. The molecule has 0 saturated heterocycles. The summed E-state index contributed by atoms with van der Waals surface area (Å²) >= 11 is 1.40. The molecule has 2 aromatic rings. The van der Waals surface area contributed by atoms with Gasteiger partial charge in [0.25, 0.3) is 0 Å². The van der Waals surface area contributed by atoms with Crippen molar-refractivity contribution < 1.29 is 9.90 Å². The molecule has 1 heterocycles. The van der Waals surface area contributed by atoms with E-state index in [4.69, 9.17) is 5.11 Å². The van der Waals surface area contributed by atoms with Crippen LogP contribution in [0.3, 0.4) is 0 Å². The number of nitrogens with zero attached hydrogens (tertiary/aromatic N) is 3. The zero-order valence-electron chi connectivity index (χ0n) is 9.91. The molecule has 0 atom stereocenters. The lowest BCUT2D eigenvalue weighted by Gasteiger charge is -2.18. The third-order valence-corrected chi connectivity index (χ3v) is 3.23. The third-order valence-electron chi connectivity index (χ3n) is 2.33. The van der Waals surface area contributed by atoms with Gasteiger partial charge in [-0.15, -0.1) is 10.2 Å². The molecule has 0 amide bonds. The minimum atomic E-state index is -0.876. The van der Waals surface area contributed by atoms with Crippen LogP contribution in [0.15, 0.2) is 30.3 Å². The van der Waals surface area contributed by atoms with E-state index in [1.54, 1.807) is 4.90 Å². The van der Waals surface area contributed by atoms with Gasteiger partial charge < -0.3 is 10.0 Å². The molecular formula is C12H13N3O2S. The van der Waals surface area contributed by atoms with Gasteiger partial charge in [-0.3, -0.25) is 4.79 Å². The highest BCUT2D eigenvalue weighted by molar-refractivity contribution is 7.15. The van der Waals surface area contributed by atoms with Crippen molar-refractivity contribution in [2.45, 2.75) is 13.5 Å². The summed E-state index contributed by atoms with van der Waals surface area (Å²) < 4.78 is 0. The fourth-order valence-electron chi connectivity index (χ4n) is 1.57. The summed E-state index contributed by atoms with van der Waals surface area (Å²) in [6.07, 6.45) is 0. The van der Waals surface area contributed by atoms with Gasteiger partial charge in [0.2, 0.25) is 5.13 Å². The van der Waals surface area contributed by atoms with Crippen molar-refractivity contribution in [3.05, 3.63) is 40.9 Å². The highest BCUT2D eigenvalue weighted by Crippen LogP contribution is 2.21. The summed E-state index contributed by atoms with van der Waals surface area (Å²) in [5.74, 6) is -0.876. The lowest BCUT2D eigenvalue weighted by atomic mass is 10.2. The topological polar surface area (TPSA) is 66.3 Å². The number of anilines is 1. The quantitative estimate of drug-likeness (QED) is 0.893. The molecule has 0 spiro atoms. The predicted octanol–water partition coefficient (Wildman–Crippen LogP) is 1.94. The van der Waals surface area contributed by atoms with Crippen LogP contribution in [0.2, 0.25) is 0 Å². The molecule has 18 heavy (non-hydrogen) atoms. The van der Waals surface area contributed by atoms with E-state index in [0.717, 1.165) is 10.6 Å². The monoisotopic (exact) mass is 263 g/mol. The van der Waals surface area contributed by atoms with Crippen molar-refractivity contribution in [2.24, 2.45) is 0 Å². The molecular weight excluding hydrogens is 250 g/mol. The molecule has 1 N–H and O–H groups in total. The SMILES string of the molecule is Cc1nnc(N(CC(=O)O)Cc2ccccc2)s1. The van der Waals surface area contributed by atoms with E-state index in [-0.39, 0.29) is 6.54 Å². The second-order valence-electron chi connectivity index (χ2n) is 3.84. The number of carboxylic acids is 1. The summed E-state index contributed by atoms with van der Waals surface area (Å²) in [6.45, 7) is 2.29. The number of benzene rings is 1. The van der Waals surface area contributed by atoms with Crippen LogP contribution in [0.5, 0.6) is 0 Å². The Morgan fingerprint density at radius 3 is 2.61 bits per heavy atom. The Balaban J connectivity index is 2.18. The lowest BCUT2D eigenvalue weighted by molar-refractivity contribution is -0.135. The van der Waals surface area contributed by atoms with Gasteiger partial charge in [-0.2, -0.15) is 0 Å². The first kappa shape index (κ1) is 12.5. The Morgan fingerprint density at radius 2 is 2.06 bits per heavy atom. The smallest absolute Gasteiger partial charge is 0.323 e. The van der Waals surface area contributed by atoms with Crippen molar-refractivity contribution in [1.29, 1.82) is 0 Å². The zero-order chi connectivity index (χ0) is 13.0. The Kier molecular flexibility index (Phi) is 3.88. The van der Waals surface area contributed by atoms with Gasteiger partial charge >= 0.3 is 5.97 Å². The molecule has 1 aromatic carbocycles. The number of aromatic nitrogens is 2. The van der Waals surface area contributed by atoms with Crippen LogP contribution >= 0.6 is 11.3 Å². The highest BCUT2D eigenvalue weighted by Gasteiger charge is 2.15. The molecule has 0 aliphatic carbocycles. The Hall–Kier alpha value is -1.95. The molecule has 0 saturated carbocycles. The molecule has 0 aliphatic heterocycles. The number of aryl methyl sites for hydroxylation is 1. The molecule has 6 heteroatoms. The summed E-state index contributed by atoms with van der Waals surface area (Å²) in [6, 6.07) is 9.71. The molecule has 0 aliphatic rings. The van der Waals surface area contributed by atoms with E-state index in [2.05, 4.69) is 10.2 Å². The van der Waals surface area contributed by atoms with Crippen LogP contribution in [-0.2, 0) is 11.3 Å². The number of hydrogen-bond donors (Lipinski definition) is 1. The summed E-state index contributed by atoms with van der Waals surface area (Å²) in [7, 11) is 0. The molecule has 0 bridgehead atoms. The van der Waals surface area contributed by atoms with Gasteiger partial charge in [0.1, 0.15) is 11.6 Å². The van der Waals surface area contributed by atoms with Crippen LogP contribution in [0, 0.1) is 6.92 Å². The third kappa shape index (κ3) is 3.27. The van der Waals surface area contributed by atoms with E-state index in [1.807, 2.05) is 37.3 Å². The van der Waals surface area contributed by atoms with Crippen molar-refractivity contribution >= 4 is 22.4 Å². The van der Waals surface area contributed by atoms with Gasteiger partial charge in [0.15, 0.2) is 0 Å². The van der Waals surface area contributed by atoms with Crippen LogP contribution in [0.25, 0.3) is 0 Å². The average molecular weight is 263 g/mol. The summed E-state index contributed by atoms with van der Waals surface area (Å²) in [5.41, 5.74) is 1.05. The maximum Gasteiger partial charge on any atom is 0.323 e. The fourth-order valence-corrected chi connectivity index (χ4v) is 2.26. The van der Waals surface area contributed by atoms with Gasteiger partial charge in [-0.05, 0) is 12.5 Å².